The Kier molecular flexibility index (Phi) is 5.36. The summed E-state index contributed by atoms with van der Waals surface area (Å²) in [6.45, 7) is 2.50. The third-order valence-corrected chi connectivity index (χ3v) is 5.37. The predicted molar refractivity (Wildman–Crippen MR) is 109 cm³/mol. The Bertz CT molecular complexity index is 1060. The zero-order valence-corrected chi connectivity index (χ0v) is 16.7. The number of esters is 1. The van der Waals surface area contributed by atoms with Gasteiger partial charge in [0.25, 0.3) is 5.91 Å². The molecule has 2 aromatic carbocycles. The highest BCUT2D eigenvalue weighted by molar-refractivity contribution is 6.33. The summed E-state index contributed by atoms with van der Waals surface area (Å²) < 4.78 is 6.76. The second-order valence-corrected chi connectivity index (χ2v) is 7.27. The first-order chi connectivity index (χ1) is 14.0. The molecule has 1 aromatic heterocycles. The topological polar surface area (TPSA) is 64.4 Å². The van der Waals surface area contributed by atoms with E-state index in [0.717, 1.165) is 17.7 Å². The molecule has 0 bridgehead atoms. The quantitative estimate of drug-likeness (QED) is 0.618. The number of para-hydroxylation sites is 1. The fourth-order valence-corrected chi connectivity index (χ4v) is 3.82. The molecule has 2 heterocycles. The van der Waals surface area contributed by atoms with E-state index in [2.05, 4.69) is 11.2 Å². The highest BCUT2D eigenvalue weighted by Gasteiger charge is 2.25. The van der Waals surface area contributed by atoms with Gasteiger partial charge in [-0.1, -0.05) is 54.1 Å². The molecule has 3 aromatic rings. The molecule has 1 amide bonds. The largest absolute Gasteiger partial charge is 0.452 e. The minimum atomic E-state index is -0.652. The Balaban J connectivity index is 1.43. The maximum absolute atomic E-state index is 12.6. The molecule has 29 heavy (non-hydrogen) atoms. The number of fused-ring (bicyclic) bond motifs is 1. The molecule has 0 radical (unpaired) electrons. The lowest BCUT2D eigenvalue weighted by molar-refractivity contribution is -0.135. The standard InChI is InChI=1S/C22H20ClN3O3/c1-15-20(21(23)26(24-15)18-9-3-2-4-10-18)22(28)29-14-19(27)25-12-11-16-7-5-6-8-17(16)13-25/h2-10H,11-14H2,1H3. The lowest BCUT2D eigenvalue weighted by Gasteiger charge is -2.28. The molecule has 0 saturated carbocycles. The number of carbonyl (C=O) groups is 2. The van der Waals surface area contributed by atoms with E-state index in [9.17, 15) is 9.59 Å². The zero-order valence-electron chi connectivity index (χ0n) is 16.0. The molecule has 1 aliphatic rings. The van der Waals surface area contributed by atoms with E-state index >= 15 is 0 Å². The summed E-state index contributed by atoms with van der Waals surface area (Å²) in [6.07, 6.45) is 0.796. The fraction of sp³-hybridized carbons (Fsp3) is 0.227. The van der Waals surface area contributed by atoms with Crippen LogP contribution in [0.1, 0.15) is 27.2 Å². The summed E-state index contributed by atoms with van der Waals surface area (Å²) in [5, 5.41) is 4.50. The summed E-state index contributed by atoms with van der Waals surface area (Å²) >= 11 is 6.38. The van der Waals surface area contributed by atoms with Crippen LogP contribution in [-0.4, -0.2) is 39.7 Å². The van der Waals surface area contributed by atoms with Crippen LogP contribution in [0.2, 0.25) is 5.15 Å². The predicted octanol–water partition coefficient (Wildman–Crippen LogP) is 3.58. The van der Waals surface area contributed by atoms with Crippen molar-refractivity contribution in [1.29, 1.82) is 0 Å². The van der Waals surface area contributed by atoms with Crippen LogP contribution < -0.4 is 0 Å². The van der Waals surface area contributed by atoms with Crippen molar-refractivity contribution < 1.29 is 14.3 Å². The number of ether oxygens (including phenoxy) is 1. The summed E-state index contributed by atoms with van der Waals surface area (Å²) in [6, 6.07) is 17.3. The molecule has 0 saturated heterocycles. The van der Waals surface area contributed by atoms with Gasteiger partial charge in [-0.15, -0.1) is 0 Å². The monoisotopic (exact) mass is 409 g/mol. The molecular weight excluding hydrogens is 390 g/mol. The van der Waals surface area contributed by atoms with Gasteiger partial charge in [-0.25, -0.2) is 9.48 Å². The maximum atomic E-state index is 12.6. The van der Waals surface area contributed by atoms with Crippen LogP contribution in [0, 0.1) is 6.92 Å². The Hall–Kier alpha value is -3.12. The van der Waals surface area contributed by atoms with E-state index < -0.39 is 5.97 Å². The number of hydrogen-bond donors (Lipinski definition) is 0. The first-order valence-electron chi connectivity index (χ1n) is 9.37. The van der Waals surface area contributed by atoms with Gasteiger partial charge in [0.05, 0.1) is 11.4 Å². The summed E-state index contributed by atoms with van der Waals surface area (Å²) in [7, 11) is 0. The van der Waals surface area contributed by atoms with E-state index in [1.54, 1.807) is 11.8 Å². The van der Waals surface area contributed by atoms with Gasteiger partial charge < -0.3 is 9.64 Å². The Morgan fingerprint density at radius 3 is 2.52 bits per heavy atom. The average molecular weight is 410 g/mol. The third-order valence-electron chi connectivity index (χ3n) is 5.02. The molecule has 0 N–H and O–H groups in total. The number of aromatic nitrogens is 2. The van der Waals surface area contributed by atoms with Gasteiger partial charge in [0.2, 0.25) is 0 Å². The number of rotatable bonds is 4. The highest BCUT2D eigenvalue weighted by Crippen LogP contribution is 2.24. The number of hydrogen-bond acceptors (Lipinski definition) is 4. The molecule has 0 spiro atoms. The smallest absolute Gasteiger partial charge is 0.343 e. The van der Waals surface area contributed by atoms with Crippen molar-refractivity contribution in [3.05, 3.63) is 82.1 Å². The SMILES string of the molecule is Cc1nn(-c2ccccc2)c(Cl)c1C(=O)OCC(=O)N1CCc2ccccc2C1. The second-order valence-electron chi connectivity index (χ2n) is 6.91. The van der Waals surface area contributed by atoms with Crippen molar-refractivity contribution in [3.63, 3.8) is 0 Å². The molecule has 4 rings (SSSR count). The van der Waals surface area contributed by atoms with Crippen LogP contribution >= 0.6 is 11.6 Å². The van der Waals surface area contributed by atoms with E-state index in [-0.39, 0.29) is 23.2 Å². The van der Waals surface area contributed by atoms with Gasteiger partial charge in [-0.3, -0.25) is 4.79 Å². The molecule has 7 heteroatoms. The summed E-state index contributed by atoms with van der Waals surface area (Å²) in [5.41, 5.74) is 3.74. The Morgan fingerprint density at radius 2 is 1.76 bits per heavy atom. The lowest BCUT2D eigenvalue weighted by Crippen LogP contribution is -2.38. The van der Waals surface area contributed by atoms with Crippen molar-refractivity contribution in [2.45, 2.75) is 19.9 Å². The van der Waals surface area contributed by atoms with Crippen molar-refractivity contribution in [1.82, 2.24) is 14.7 Å². The van der Waals surface area contributed by atoms with Crippen LogP contribution in [-0.2, 0) is 22.5 Å². The van der Waals surface area contributed by atoms with Gasteiger partial charge in [0.15, 0.2) is 6.61 Å². The number of benzene rings is 2. The Labute approximate surface area is 173 Å². The molecule has 0 fully saturated rings. The zero-order chi connectivity index (χ0) is 20.4. The average Bonchev–Trinajstić information content (AvgIpc) is 3.06. The number of carbonyl (C=O) groups excluding carboxylic acids is 2. The van der Waals surface area contributed by atoms with Gasteiger partial charge in [-0.05, 0) is 36.6 Å². The molecule has 6 nitrogen and oxygen atoms in total. The molecule has 148 valence electrons. The number of aryl methyl sites for hydroxylation is 1. The fourth-order valence-electron chi connectivity index (χ4n) is 3.47. The van der Waals surface area contributed by atoms with Gasteiger partial charge in [0.1, 0.15) is 10.7 Å². The van der Waals surface area contributed by atoms with Crippen LogP contribution in [0.15, 0.2) is 54.6 Å². The van der Waals surface area contributed by atoms with Gasteiger partial charge in [-0.2, -0.15) is 5.10 Å². The maximum Gasteiger partial charge on any atom is 0.343 e. The van der Waals surface area contributed by atoms with E-state index in [0.29, 0.717) is 18.8 Å². The summed E-state index contributed by atoms with van der Waals surface area (Å²) in [4.78, 5) is 26.8. The lowest BCUT2D eigenvalue weighted by atomic mass is 10.00. The van der Waals surface area contributed by atoms with E-state index in [1.807, 2.05) is 48.5 Å². The van der Waals surface area contributed by atoms with Crippen LogP contribution in [0.5, 0.6) is 0 Å². The summed E-state index contributed by atoms with van der Waals surface area (Å²) in [5.74, 6) is -0.877. The first kappa shape index (κ1) is 19.2. The van der Waals surface area contributed by atoms with Crippen molar-refractivity contribution in [2.24, 2.45) is 0 Å². The van der Waals surface area contributed by atoms with Crippen molar-refractivity contribution in [2.75, 3.05) is 13.2 Å². The highest BCUT2D eigenvalue weighted by atomic mass is 35.5. The Morgan fingerprint density at radius 1 is 1.07 bits per heavy atom. The minimum Gasteiger partial charge on any atom is -0.452 e. The molecule has 0 atom stereocenters. The molecule has 0 aliphatic carbocycles. The minimum absolute atomic E-state index is 0.165. The van der Waals surface area contributed by atoms with Gasteiger partial charge >= 0.3 is 5.97 Å². The first-order valence-corrected chi connectivity index (χ1v) is 9.74. The van der Waals surface area contributed by atoms with E-state index in [1.165, 1.54) is 10.2 Å². The molecule has 0 unspecified atom stereocenters. The number of halogens is 1. The molecule has 1 aliphatic heterocycles. The number of nitrogens with zero attached hydrogens (tertiary/aromatic N) is 3. The van der Waals surface area contributed by atoms with Gasteiger partial charge in [0, 0.05) is 13.1 Å². The molecular formula is C22H20ClN3O3. The van der Waals surface area contributed by atoms with Crippen LogP contribution in [0.4, 0.5) is 0 Å². The van der Waals surface area contributed by atoms with E-state index in [4.69, 9.17) is 16.3 Å². The second kappa shape index (κ2) is 8.09. The number of amides is 1. The normalized spacial score (nSPS) is 13.1. The van der Waals surface area contributed by atoms with Crippen LogP contribution in [0.25, 0.3) is 5.69 Å². The van der Waals surface area contributed by atoms with Crippen LogP contribution in [0.3, 0.4) is 0 Å². The van der Waals surface area contributed by atoms with Crippen molar-refractivity contribution >= 4 is 23.5 Å². The third kappa shape index (κ3) is 3.89. The van der Waals surface area contributed by atoms with Crippen molar-refractivity contribution in [3.8, 4) is 5.69 Å².